The van der Waals surface area contributed by atoms with Crippen molar-refractivity contribution >= 4 is 23.2 Å². The number of rotatable bonds is 2. The minimum Gasteiger partial charge on any atom is -0.356 e. The number of hydrogen-bond acceptors (Lipinski definition) is 3. The largest absolute Gasteiger partial charge is 0.356 e. The highest BCUT2D eigenvalue weighted by atomic mass is 35.5. The molecule has 1 atom stereocenters. The Kier molecular flexibility index (Phi) is 3.11. The number of nitrogens with one attached hydrogen (secondary N) is 1. The van der Waals surface area contributed by atoms with Gasteiger partial charge < -0.3 is 9.88 Å². The standard InChI is InChI=1S/C15H14ClN5O/c16-10-8-11(17-9-10)15(22)20-7-3-4-12(20)14-19-18-13-5-1-2-6-21(13)14/h1-2,5-6,8-9,12,17H,3-4,7H2/t12-/m0/s1. The molecule has 1 amide bonds. The van der Waals surface area contributed by atoms with Gasteiger partial charge in [-0.25, -0.2) is 0 Å². The van der Waals surface area contributed by atoms with E-state index in [2.05, 4.69) is 15.2 Å². The predicted molar refractivity (Wildman–Crippen MR) is 81.8 cm³/mol. The van der Waals surface area contributed by atoms with Crippen molar-refractivity contribution in [3.05, 3.63) is 53.2 Å². The fourth-order valence-corrected chi connectivity index (χ4v) is 3.18. The normalized spacial score (nSPS) is 18.2. The van der Waals surface area contributed by atoms with Gasteiger partial charge in [0, 0.05) is 18.9 Å². The number of amides is 1. The van der Waals surface area contributed by atoms with Crippen LogP contribution in [0.25, 0.3) is 5.65 Å². The summed E-state index contributed by atoms with van der Waals surface area (Å²) in [5.41, 5.74) is 1.30. The van der Waals surface area contributed by atoms with Crippen molar-refractivity contribution in [2.24, 2.45) is 0 Å². The minimum absolute atomic E-state index is 0.0536. The van der Waals surface area contributed by atoms with E-state index in [0.29, 0.717) is 17.3 Å². The van der Waals surface area contributed by atoms with Crippen LogP contribution >= 0.6 is 11.6 Å². The second kappa shape index (κ2) is 5.14. The Morgan fingerprint density at radius 2 is 2.27 bits per heavy atom. The molecule has 7 heteroatoms. The number of fused-ring (bicyclic) bond motifs is 1. The summed E-state index contributed by atoms with van der Waals surface area (Å²) in [7, 11) is 0. The van der Waals surface area contributed by atoms with E-state index in [1.165, 1.54) is 0 Å². The Bertz CT molecular complexity index is 839. The SMILES string of the molecule is O=C(c1cc(Cl)c[nH]1)N1CCC[C@H]1c1nnc2ccccn12. The van der Waals surface area contributed by atoms with E-state index < -0.39 is 0 Å². The smallest absolute Gasteiger partial charge is 0.270 e. The second-order valence-electron chi connectivity index (χ2n) is 5.38. The zero-order chi connectivity index (χ0) is 15.1. The van der Waals surface area contributed by atoms with Gasteiger partial charge in [0.2, 0.25) is 0 Å². The highest BCUT2D eigenvalue weighted by Gasteiger charge is 2.34. The number of H-pyrrole nitrogens is 1. The molecule has 4 rings (SSSR count). The van der Waals surface area contributed by atoms with E-state index in [4.69, 9.17) is 11.6 Å². The van der Waals surface area contributed by atoms with E-state index in [1.54, 1.807) is 12.3 Å². The van der Waals surface area contributed by atoms with Gasteiger partial charge in [0.15, 0.2) is 11.5 Å². The molecule has 1 aliphatic heterocycles. The van der Waals surface area contributed by atoms with Crippen LogP contribution in [-0.4, -0.2) is 36.9 Å². The lowest BCUT2D eigenvalue weighted by Gasteiger charge is -2.22. The van der Waals surface area contributed by atoms with Gasteiger partial charge in [0.05, 0.1) is 11.1 Å². The topological polar surface area (TPSA) is 66.3 Å². The van der Waals surface area contributed by atoms with Gasteiger partial charge in [0.1, 0.15) is 5.69 Å². The molecule has 4 heterocycles. The van der Waals surface area contributed by atoms with Crippen LogP contribution < -0.4 is 0 Å². The van der Waals surface area contributed by atoms with Crippen LogP contribution in [0, 0.1) is 0 Å². The summed E-state index contributed by atoms with van der Waals surface area (Å²) >= 11 is 5.90. The Balaban J connectivity index is 1.70. The molecule has 22 heavy (non-hydrogen) atoms. The number of pyridine rings is 1. The van der Waals surface area contributed by atoms with Gasteiger partial charge in [-0.3, -0.25) is 9.20 Å². The van der Waals surface area contributed by atoms with E-state index in [1.807, 2.05) is 33.7 Å². The molecule has 3 aromatic heterocycles. The Hall–Kier alpha value is -2.34. The number of halogens is 1. The summed E-state index contributed by atoms with van der Waals surface area (Å²) in [6.45, 7) is 0.710. The summed E-state index contributed by atoms with van der Waals surface area (Å²) < 4.78 is 1.94. The number of carbonyl (C=O) groups is 1. The van der Waals surface area contributed by atoms with E-state index in [-0.39, 0.29) is 11.9 Å². The molecule has 0 saturated carbocycles. The number of aromatic amines is 1. The van der Waals surface area contributed by atoms with Crippen LogP contribution in [0.4, 0.5) is 0 Å². The summed E-state index contributed by atoms with van der Waals surface area (Å²) in [5.74, 6) is 0.751. The van der Waals surface area contributed by atoms with Gasteiger partial charge >= 0.3 is 0 Å². The lowest BCUT2D eigenvalue weighted by molar-refractivity contribution is 0.0724. The minimum atomic E-state index is -0.0630. The molecule has 0 radical (unpaired) electrons. The number of nitrogens with zero attached hydrogens (tertiary/aromatic N) is 4. The number of likely N-dealkylation sites (tertiary alicyclic amines) is 1. The predicted octanol–water partition coefficient (Wildman–Crippen LogP) is 2.69. The molecular formula is C15H14ClN5O. The Labute approximate surface area is 131 Å². The first kappa shape index (κ1) is 13.3. The Morgan fingerprint density at radius 3 is 3.09 bits per heavy atom. The van der Waals surface area contributed by atoms with Crippen LogP contribution in [0.2, 0.25) is 5.02 Å². The first-order chi connectivity index (χ1) is 10.7. The maximum absolute atomic E-state index is 12.7. The molecule has 0 spiro atoms. The van der Waals surface area contributed by atoms with Crippen LogP contribution in [-0.2, 0) is 0 Å². The molecule has 1 fully saturated rings. The zero-order valence-electron chi connectivity index (χ0n) is 11.7. The van der Waals surface area contributed by atoms with Gasteiger partial charge in [-0.2, -0.15) is 0 Å². The van der Waals surface area contributed by atoms with Crippen LogP contribution in [0.5, 0.6) is 0 Å². The van der Waals surface area contributed by atoms with Gasteiger partial charge in [-0.05, 0) is 31.0 Å². The summed E-state index contributed by atoms with van der Waals surface area (Å²) in [6, 6.07) is 7.36. The lowest BCUT2D eigenvalue weighted by atomic mass is 10.2. The summed E-state index contributed by atoms with van der Waals surface area (Å²) in [6.07, 6.45) is 5.38. The first-order valence-electron chi connectivity index (χ1n) is 7.18. The summed E-state index contributed by atoms with van der Waals surface area (Å²) in [4.78, 5) is 17.4. The third-order valence-corrected chi connectivity index (χ3v) is 4.25. The van der Waals surface area contributed by atoms with Crippen molar-refractivity contribution in [1.82, 2.24) is 24.5 Å². The van der Waals surface area contributed by atoms with Crippen LogP contribution in [0.1, 0.15) is 35.2 Å². The van der Waals surface area contributed by atoms with Crippen LogP contribution in [0.3, 0.4) is 0 Å². The molecule has 1 N–H and O–H groups in total. The molecule has 6 nitrogen and oxygen atoms in total. The van der Waals surface area contributed by atoms with Crippen molar-refractivity contribution < 1.29 is 4.79 Å². The van der Waals surface area contributed by atoms with Crippen molar-refractivity contribution in [2.45, 2.75) is 18.9 Å². The van der Waals surface area contributed by atoms with E-state index in [9.17, 15) is 4.79 Å². The van der Waals surface area contributed by atoms with Crippen molar-refractivity contribution in [3.63, 3.8) is 0 Å². The zero-order valence-corrected chi connectivity index (χ0v) is 12.5. The number of aromatic nitrogens is 4. The molecule has 3 aromatic rings. The third-order valence-electron chi connectivity index (χ3n) is 4.03. The van der Waals surface area contributed by atoms with E-state index in [0.717, 1.165) is 24.3 Å². The quantitative estimate of drug-likeness (QED) is 0.790. The maximum Gasteiger partial charge on any atom is 0.270 e. The van der Waals surface area contributed by atoms with Gasteiger partial charge in [-0.1, -0.05) is 17.7 Å². The summed E-state index contributed by atoms with van der Waals surface area (Å²) in [5, 5.41) is 9.01. The number of hydrogen-bond donors (Lipinski definition) is 1. The van der Waals surface area contributed by atoms with Gasteiger partial charge in [0.25, 0.3) is 5.91 Å². The molecule has 0 aliphatic carbocycles. The highest BCUT2D eigenvalue weighted by Crippen LogP contribution is 2.32. The first-order valence-corrected chi connectivity index (χ1v) is 7.56. The monoisotopic (exact) mass is 315 g/mol. The average Bonchev–Trinajstić information content (AvgIpc) is 3.24. The van der Waals surface area contributed by atoms with Crippen molar-refractivity contribution in [3.8, 4) is 0 Å². The van der Waals surface area contributed by atoms with Crippen molar-refractivity contribution in [1.29, 1.82) is 0 Å². The molecular weight excluding hydrogens is 302 g/mol. The fourth-order valence-electron chi connectivity index (χ4n) is 3.01. The fraction of sp³-hybridized carbons (Fsp3) is 0.267. The molecule has 0 unspecified atom stereocenters. The maximum atomic E-state index is 12.7. The lowest BCUT2D eigenvalue weighted by Crippen LogP contribution is -2.31. The average molecular weight is 316 g/mol. The molecule has 0 bridgehead atoms. The molecule has 112 valence electrons. The van der Waals surface area contributed by atoms with Crippen LogP contribution in [0.15, 0.2) is 36.7 Å². The Morgan fingerprint density at radius 1 is 1.36 bits per heavy atom. The highest BCUT2D eigenvalue weighted by molar-refractivity contribution is 6.30. The second-order valence-corrected chi connectivity index (χ2v) is 5.81. The van der Waals surface area contributed by atoms with Gasteiger partial charge in [-0.15, -0.1) is 10.2 Å². The molecule has 0 aromatic carbocycles. The molecule has 1 aliphatic rings. The number of carbonyl (C=O) groups excluding carboxylic acids is 1. The third kappa shape index (κ3) is 2.07. The van der Waals surface area contributed by atoms with Crippen molar-refractivity contribution in [2.75, 3.05) is 6.54 Å². The molecule has 1 saturated heterocycles. The van der Waals surface area contributed by atoms with E-state index >= 15 is 0 Å².